The van der Waals surface area contributed by atoms with Gasteiger partial charge in [-0.25, -0.2) is 9.29 Å². The van der Waals surface area contributed by atoms with Gasteiger partial charge >= 0.3 is 0 Å². The highest BCUT2D eigenvalue weighted by molar-refractivity contribution is 6.24. The highest BCUT2D eigenvalue weighted by atomic mass is 19.1. The molecular weight excluding hydrogens is 523 g/mol. The summed E-state index contributed by atoms with van der Waals surface area (Å²) in [7, 11) is 0. The van der Waals surface area contributed by atoms with Crippen LogP contribution in [0.4, 0.5) is 10.1 Å². The van der Waals surface area contributed by atoms with E-state index in [2.05, 4.69) is 0 Å². The number of benzene rings is 2. The molecule has 4 amide bonds. The van der Waals surface area contributed by atoms with Crippen molar-refractivity contribution in [3.05, 3.63) is 71.6 Å². The third-order valence-corrected chi connectivity index (χ3v) is 10.6. The Morgan fingerprint density at radius 3 is 2.34 bits per heavy atom. The van der Waals surface area contributed by atoms with E-state index in [-0.39, 0.29) is 35.7 Å². The van der Waals surface area contributed by atoms with E-state index in [9.17, 15) is 28.7 Å². The van der Waals surface area contributed by atoms with Crippen LogP contribution < -0.4 is 4.90 Å². The highest BCUT2D eigenvalue weighted by Gasteiger charge is 2.68. The fourth-order valence-corrected chi connectivity index (χ4v) is 8.67. The summed E-state index contributed by atoms with van der Waals surface area (Å²) in [5.74, 6) is -5.75. The molecule has 0 unspecified atom stereocenters. The second kappa shape index (κ2) is 9.36. The molecule has 2 saturated heterocycles. The van der Waals surface area contributed by atoms with Crippen molar-refractivity contribution in [2.24, 2.45) is 29.1 Å². The van der Waals surface area contributed by atoms with E-state index in [1.54, 1.807) is 43.3 Å². The lowest BCUT2D eigenvalue weighted by molar-refractivity contribution is -0.144. The Hall–Kier alpha value is -3.81. The lowest BCUT2D eigenvalue weighted by atomic mass is 9.51. The van der Waals surface area contributed by atoms with Gasteiger partial charge in [-0.05, 0) is 56.7 Å². The van der Waals surface area contributed by atoms with Crippen molar-refractivity contribution in [2.75, 3.05) is 4.90 Å². The Morgan fingerprint density at radius 2 is 1.61 bits per heavy atom. The average Bonchev–Trinajstić information content (AvgIpc) is 3.35. The van der Waals surface area contributed by atoms with Gasteiger partial charge in [0.15, 0.2) is 11.6 Å². The van der Waals surface area contributed by atoms with Crippen molar-refractivity contribution in [3.8, 4) is 5.75 Å². The van der Waals surface area contributed by atoms with Crippen LogP contribution in [0.1, 0.15) is 63.4 Å². The number of carbonyl (C=O) groups excluding carboxylic acids is 4. The highest BCUT2D eigenvalue weighted by Crippen LogP contribution is 2.64. The fraction of sp³-hybridized carbons (Fsp3) is 0.455. The molecule has 4 fully saturated rings. The van der Waals surface area contributed by atoms with Gasteiger partial charge < -0.3 is 5.11 Å². The van der Waals surface area contributed by atoms with Crippen LogP contribution in [0.15, 0.2) is 60.2 Å². The summed E-state index contributed by atoms with van der Waals surface area (Å²) >= 11 is 0. The van der Waals surface area contributed by atoms with E-state index < -0.39 is 52.5 Å². The maximum absolute atomic E-state index is 14.8. The number of anilines is 1. The monoisotopic (exact) mass is 556 g/mol. The van der Waals surface area contributed by atoms with Crippen molar-refractivity contribution in [2.45, 2.75) is 63.8 Å². The van der Waals surface area contributed by atoms with Crippen molar-refractivity contribution < 1.29 is 28.7 Å². The summed E-state index contributed by atoms with van der Waals surface area (Å²) in [6, 6.07) is 12.9. The molecule has 212 valence electrons. The number of phenols is 1. The topological polar surface area (TPSA) is 95.0 Å². The van der Waals surface area contributed by atoms with E-state index in [0.29, 0.717) is 12.1 Å². The van der Waals surface area contributed by atoms with Crippen LogP contribution in [0.3, 0.4) is 0 Å². The summed E-state index contributed by atoms with van der Waals surface area (Å²) in [6.07, 6.45) is 7.18. The van der Waals surface area contributed by atoms with Gasteiger partial charge in [-0.15, -0.1) is 0 Å². The number of imide groups is 2. The first-order valence-corrected chi connectivity index (χ1v) is 14.7. The first-order chi connectivity index (χ1) is 19.7. The van der Waals surface area contributed by atoms with Crippen molar-refractivity contribution in [3.63, 3.8) is 0 Å². The molecule has 6 atom stereocenters. The predicted octanol–water partition coefficient (Wildman–Crippen LogP) is 5.09. The number of likely N-dealkylation sites (tertiary alicyclic amines) is 1. The zero-order valence-electron chi connectivity index (χ0n) is 23.0. The molecule has 7 nitrogen and oxygen atoms in total. The maximum Gasteiger partial charge on any atom is 0.241 e. The van der Waals surface area contributed by atoms with E-state index in [1.807, 2.05) is 6.08 Å². The van der Waals surface area contributed by atoms with Crippen LogP contribution in [0.2, 0.25) is 0 Å². The summed E-state index contributed by atoms with van der Waals surface area (Å²) < 4.78 is 14.8. The SMILES string of the molecule is C[C@@]12C(=O)N(c3ccccc3)C(=O)[C@@H]1C[C@@H]1C(=CC[C@@H]3C(=O)N(C4CCCCC4)C(=O)[C@@H]31)[C@@H]2c1cccc(F)c1O. The largest absolute Gasteiger partial charge is 0.505 e. The minimum atomic E-state index is -1.32. The Kier molecular flexibility index (Phi) is 5.96. The smallest absolute Gasteiger partial charge is 0.241 e. The van der Waals surface area contributed by atoms with Crippen molar-refractivity contribution >= 4 is 29.3 Å². The number of para-hydroxylation sites is 2. The van der Waals surface area contributed by atoms with Gasteiger partial charge in [-0.2, -0.15) is 0 Å². The minimum absolute atomic E-state index is 0.0991. The number of allylic oxidation sites excluding steroid dienone is 2. The maximum atomic E-state index is 14.8. The molecule has 3 aliphatic carbocycles. The Bertz CT molecular complexity index is 1500. The molecule has 2 saturated carbocycles. The average molecular weight is 557 g/mol. The van der Waals surface area contributed by atoms with Gasteiger partial charge in [0.2, 0.25) is 23.6 Å². The van der Waals surface area contributed by atoms with Gasteiger partial charge in [-0.3, -0.25) is 24.1 Å². The zero-order valence-corrected chi connectivity index (χ0v) is 23.0. The van der Waals surface area contributed by atoms with Crippen LogP contribution in [-0.4, -0.2) is 39.7 Å². The number of amides is 4. The third kappa shape index (κ3) is 3.55. The number of aromatic hydroxyl groups is 1. The van der Waals surface area contributed by atoms with E-state index in [0.717, 1.165) is 43.7 Å². The summed E-state index contributed by atoms with van der Waals surface area (Å²) in [5.41, 5.74) is 0.102. The third-order valence-electron chi connectivity index (χ3n) is 10.6. The van der Waals surface area contributed by atoms with Crippen LogP contribution in [0, 0.1) is 34.9 Å². The van der Waals surface area contributed by atoms with Crippen LogP contribution in [0.5, 0.6) is 5.75 Å². The lowest BCUT2D eigenvalue weighted by Gasteiger charge is -2.49. The number of hydrogen-bond donors (Lipinski definition) is 1. The molecule has 0 aromatic heterocycles. The first kappa shape index (κ1) is 26.1. The molecule has 5 aliphatic rings. The number of hydrogen-bond acceptors (Lipinski definition) is 5. The molecule has 2 aromatic carbocycles. The standard InChI is InChI=1S/C33H33FN2O5/c1-33-24(30(39)36(32(33)41)19-11-6-3-7-12-19)17-23-20(27(33)22-13-8-14-25(34)28(22)37)15-16-21-26(23)31(40)35(29(21)38)18-9-4-2-5-10-18/h3,6-8,11-15,18,21,23-24,26-27,37H,2,4-5,9-10,16-17H2,1H3/t21-,23+,24-,26-,27+,33+/m0/s1. The predicted molar refractivity (Wildman–Crippen MR) is 148 cm³/mol. The fourth-order valence-electron chi connectivity index (χ4n) is 8.67. The molecule has 7 rings (SSSR count). The van der Waals surface area contributed by atoms with E-state index in [1.165, 1.54) is 15.9 Å². The molecule has 0 bridgehead atoms. The number of fused-ring (bicyclic) bond motifs is 4. The Balaban J connectivity index is 1.37. The first-order valence-electron chi connectivity index (χ1n) is 14.7. The van der Waals surface area contributed by atoms with Gasteiger partial charge in [0.25, 0.3) is 0 Å². The second-order valence-corrected chi connectivity index (χ2v) is 12.5. The molecule has 1 N–H and O–H groups in total. The van der Waals surface area contributed by atoms with Crippen molar-refractivity contribution in [1.82, 2.24) is 4.90 Å². The normalized spacial score (nSPS) is 33.5. The quantitative estimate of drug-likeness (QED) is 0.420. The van der Waals surface area contributed by atoms with Crippen molar-refractivity contribution in [1.29, 1.82) is 0 Å². The number of nitrogens with zero attached hydrogens (tertiary/aromatic N) is 2. The summed E-state index contributed by atoms with van der Waals surface area (Å²) in [5, 5.41) is 11.0. The van der Waals surface area contributed by atoms with Gasteiger partial charge in [0.05, 0.1) is 28.9 Å². The molecule has 41 heavy (non-hydrogen) atoms. The number of carbonyl (C=O) groups is 4. The lowest BCUT2D eigenvalue weighted by Crippen LogP contribution is -2.49. The number of halogens is 1. The van der Waals surface area contributed by atoms with Gasteiger partial charge in [0.1, 0.15) is 0 Å². The molecule has 2 aliphatic heterocycles. The van der Waals surface area contributed by atoms with Gasteiger partial charge in [0, 0.05) is 17.5 Å². The molecule has 8 heteroatoms. The Morgan fingerprint density at radius 1 is 0.878 bits per heavy atom. The van der Waals surface area contributed by atoms with Crippen LogP contribution in [0.25, 0.3) is 0 Å². The number of phenolic OH excluding ortho intramolecular Hbond substituents is 1. The summed E-state index contributed by atoms with van der Waals surface area (Å²) in [6.45, 7) is 1.73. The summed E-state index contributed by atoms with van der Waals surface area (Å²) in [4.78, 5) is 58.9. The molecule has 2 heterocycles. The second-order valence-electron chi connectivity index (χ2n) is 12.5. The zero-order chi connectivity index (χ0) is 28.6. The Labute approximate surface area is 238 Å². The van der Waals surface area contributed by atoms with Crippen LogP contribution in [-0.2, 0) is 19.2 Å². The van der Waals surface area contributed by atoms with Crippen LogP contribution >= 0.6 is 0 Å². The molecule has 0 radical (unpaired) electrons. The molecule has 0 spiro atoms. The molecular formula is C33H33FN2O5. The molecule has 2 aromatic rings. The van der Waals surface area contributed by atoms with Gasteiger partial charge in [-0.1, -0.05) is 61.2 Å². The minimum Gasteiger partial charge on any atom is -0.505 e. The van der Waals surface area contributed by atoms with E-state index >= 15 is 0 Å². The number of rotatable bonds is 3. The van der Waals surface area contributed by atoms with E-state index in [4.69, 9.17) is 0 Å².